The fourth-order valence-electron chi connectivity index (χ4n) is 1.35. The zero-order valence-electron chi connectivity index (χ0n) is 10.8. The van der Waals surface area contributed by atoms with E-state index in [2.05, 4.69) is 10.6 Å². The molecule has 0 aromatic carbocycles. The second kappa shape index (κ2) is 7.60. The summed E-state index contributed by atoms with van der Waals surface area (Å²) < 4.78 is 0. The molecule has 0 rings (SSSR count). The van der Waals surface area contributed by atoms with E-state index < -0.39 is 6.04 Å². The lowest BCUT2D eigenvalue weighted by atomic mass is 10.1. The lowest BCUT2D eigenvalue weighted by Gasteiger charge is -2.16. The normalized spacial score (nSPS) is 12.8. The summed E-state index contributed by atoms with van der Waals surface area (Å²) in [6.07, 6.45) is 2.54. The summed E-state index contributed by atoms with van der Waals surface area (Å²) in [5.41, 5.74) is 0.905. The van der Waals surface area contributed by atoms with Crippen molar-refractivity contribution in [2.24, 2.45) is 0 Å². The monoisotopic (exact) mass is 240 g/mol. The topological polar surface area (TPSA) is 75.3 Å². The predicted octanol–water partition coefficient (Wildman–Crippen LogP) is 0.553. The molecule has 0 aliphatic heterocycles. The van der Waals surface area contributed by atoms with E-state index in [-0.39, 0.29) is 17.6 Å². The Hall–Kier alpha value is -1.65. The second-order valence-corrected chi connectivity index (χ2v) is 4.03. The van der Waals surface area contributed by atoms with Gasteiger partial charge in [0, 0.05) is 20.4 Å². The highest BCUT2D eigenvalue weighted by molar-refractivity contribution is 5.86. The largest absolute Gasteiger partial charge is 0.357 e. The van der Waals surface area contributed by atoms with Gasteiger partial charge in [-0.15, -0.1) is 0 Å². The summed E-state index contributed by atoms with van der Waals surface area (Å²) in [7, 11) is 1.52. The number of amides is 2. The smallest absolute Gasteiger partial charge is 0.242 e. The van der Waals surface area contributed by atoms with Crippen molar-refractivity contribution in [1.29, 1.82) is 0 Å². The first-order chi connectivity index (χ1) is 7.86. The van der Waals surface area contributed by atoms with Crippen LogP contribution in [0.3, 0.4) is 0 Å². The van der Waals surface area contributed by atoms with Crippen LogP contribution in [0.25, 0.3) is 0 Å². The molecule has 0 saturated heterocycles. The zero-order valence-corrected chi connectivity index (χ0v) is 10.8. The Morgan fingerprint density at radius 3 is 2.18 bits per heavy atom. The number of ketones is 1. The summed E-state index contributed by atoms with van der Waals surface area (Å²) in [6, 6.07) is -0.583. The standard InChI is InChI=1S/C12H20N2O3/c1-8(5-6-9(2)15)7-11(12(17)13-4)14-10(3)16/h5,11H,6-7H2,1-4H3,(H,13,17)(H,14,16)/b8-5+. The van der Waals surface area contributed by atoms with Crippen LogP contribution in [-0.4, -0.2) is 30.7 Å². The SMILES string of the molecule is CNC(=O)C(C/C(C)=C/CC(C)=O)NC(C)=O. The molecular formula is C12H20N2O3. The highest BCUT2D eigenvalue weighted by Gasteiger charge is 2.18. The van der Waals surface area contributed by atoms with Gasteiger partial charge in [-0.05, 0) is 20.3 Å². The molecule has 0 radical (unpaired) electrons. The summed E-state index contributed by atoms with van der Waals surface area (Å²) in [6.45, 7) is 4.71. The Bertz CT molecular complexity index is 335. The van der Waals surface area contributed by atoms with Crippen molar-refractivity contribution >= 4 is 17.6 Å². The molecule has 0 aliphatic rings. The van der Waals surface area contributed by atoms with Crippen LogP contribution < -0.4 is 10.6 Å². The van der Waals surface area contributed by atoms with E-state index in [0.29, 0.717) is 12.8 Å². The first kappa shape index (κ1) is 15.3. The summed E-state index contributed by atoms with van der Waals surface area (Å²) in [5.74, 6) is -0.422. The van der Waals surface area contributed by atoms with Crippen LogP contribution in [0.1, 0.15) is 33.6 Å². The molecule has 2 amide bonds. The van der Waals surface area contributed by atoms with E-state index in [1.807, 2.05) is 6.92 Å². The maximum Gasteiger partial charge on any atom is 0.242 e. The molecule has 1 unspecified atom stereocenters. The third kappa shape index (κ3) is 7.27. The summed E-state index contributed by atoms with van der Waals surface area (Å²) >= 11 is 0. The van der Waals surface area contributed by atoms with Crippen LogP contribution in [0.2, 0.25) is 0 Å². The van der Waals surface area contributed by atoms with E-state index in [1.165, 1.54) is 20.9 Å². The van der Waals surface area contributed by atoms with Gasteiger partial charge in [0.05, 0.1) is 0 Å². The van der Waals surface area contributed by atoms with E-state index in [1.54, 1.807) is 6.08 Å². The molecule has 5 nitrogen and oxygen atoms in total. The fraction of sp³-hybridized carbons (Fsp3) is 0.583. The van der Waals surface area contributed by atoms with Gasteiger partial charge in [-0.3, -0.25) is 14.4 Å². The molecule has 0 aromatic rings. The number of allylic oxidation sites excluding steroid dienone is 1. The Morgan fingerprint density at radius 2 is 1.76 bits per heavy atom. The highest BCUT2D eigenvalue weighted by atomic mass is 16.2. The van der Waals surface area contributed by atoms with E-state index in [9.17, 15) is 14.4 Å². The van der Waals surface area contributed by atoms with Crippen molar-refractivity contribution in [2.45, 2.75) is 39.7 Å². The molecule has 0 saturated carbocycles. The summed E-state index contributed by atoms with van der Waals surface area (Å²) in [5, 5.41) is 5.07. The average molecular weight is 240 g/mol. The van der Waals surface area contributed by atoms with Crippen molar-refractivity contribution in [2.75, 3.05) is 7.05 Å². The van der Waals surface area contributed by atoms with Crippen LogP contribution >= 0.6 is 0 Å². The molecule has 0 bridgehead atoms. The van der Waals surface area contributed by atoms with Gasteiger partial charge in [0.1, 0.15) is 11.8 Å². The van der Waals surface area contributed by atoms with Gasteiger partial charge in [-0.25, -0.2) is 0 Å². The van der Waals surface area contributed by atoms with E-state index >= 15 is 0 Å². The van der Waals surface area contributed by atoms with Crippen molar-refractivity contribution < 1.29 is 14.4 Å². The third-order valence-corrected chi connectivity index (χ3v) is 2.20. The van der Waals surface area contributed by atoms with E-state index in [0.717, 1.165) is 5.57 Å². The molecule has 0 heterocycles. The van der Waals surface area contributed by atoms with E-state index in [4.69, 9.17) is 0 Å². The first-order valence-electron chi connectivity index (χ1n) is 5.50. The third-order valence-electron chi connectivity index (χ3n) is 2.20. The minimum absolute atomic E-state index is 0.0698. The van der Waals surface area contributed by atoms with Crippen LogP contribution in [-0.2, 0) is 14.4 Å². The number of carbonyl (C=O) groups excluding carboxylic acids is 3. The Balaban J connectivity index is 4.51. The van der Waals surface area contributed by atoms with Crippen molar-refractivity contribution in [3.63, 3.8) is 0 Å². The first-order valence-corrected chi connectivity index (χ1v) is 5.50. The van der Waals surface area contributed by atoms with Gasteiger partial charge in [-0.1, -0.05) is 11.6 Å². The van der Waals surface area contributed by atoms with Crippen LogP contribution in [0.15, 0.2) is 11.6 Å². The number of carbonyl (C=O) groups is 3. The molecule has 5 heteroatoms. The molecule has 0 aliphatic carbocycles. The molecule has 2 N–H and O–H groups in total. The van der Waals surface area contributed by atoms with Crippen molar-refractivity contribution in [3.8, 4) is 0 Å². The van der Waals surface area contributed by atoms with Gasteiger partial charge in [0.25, 0.3) is 0 Å². The van der Waals surface area contributed by atoms with Crippen LogP contribution in [0, 0.1) is 0 Å². The van der Waals surface area contributed by atoms with Gasteiger partial charge in [0.15, 0.2) is 0 Å². The fourth-order valence-corrected chi connectivity index (χ4v) is 1.35. The minimum atomic E-state index is -0.583. The average Bonchev–Trinajstić information content (AvgIpc) is 2.23. The lowest BCUT2D eigenvalue weighted by Crippen LogP contribution is -2.45. The van der Waals surface area contributed by atoms with Gasteiger partial charge in [-0.2, -0.15) is 0 Å². The number of rotatable bonds is 6. The Labute approximate surface area is 102 Å². The molecule has 96 valence electrons. The lowest BCUT2D eigenvalue weighted by molar-refractivity contribution is -0.127. The van der Waals surface area contributed by atoms with Crippen molar-refractivity contribution in [1.82, 2.24) is 10.6 Å². The quantitative estimate of drug-likeness (QED) is 0.666. The Kier molecular flexibility index (Phi) is 6.86. The number of Topliss-reactive ketones (excluding diaryl/α,β-unsaturated/α-hetero) is 1. The van der Waals surface area contributed by atoms with Crippen molar-refractivity contribution in [3.05, 3.63) is 11.6 Å². The molecule has 0 spiro atoms. The van der Waals surface area contributed by atoms with Gasteiger partial charge in [0.2, 0.25) is 11.8 Å². The predicted molar refractivity (Wildman–Crippen MR) is 65.3 cm³/mol. The second-order valence-electron chi connectivity index (χ2n) is 4.03. The molecule has 17 heavy (non-hydrogen) atoms. The number of hydrogen-bond donors (Lipinski definition) is 2. The van der Waals surface area contributed by atoms with Crippen LogP contribution in [0.5, 0.6) is 0 Å². The Morgan fingerprint density at radius 1 is 1.18 bits per heavy atom. The molecule has 0 aromatic heterocycles. The highest BCUT2D eigenvalue weighted by Crippen LogP contribution is 2.06. The van der Waals surface area contributed by atoms with Gasteiger partial charge >= 0.3 is 0 Å². The number of likely N-dealkylation sites (N-methyl/N-ethyl adjacent to an activating group) is 1. The molecule has 0 fully saturated rings. The number of hydrogen-bond acceptors (Lipinski definition) is 3. The number of nitrogens with one attached hydrogen (secondary N) is 2. The molecular weight excluding hydrogens is 220 g/mol. The van der Waals surface area contributed by atoms with Gasteiger partial charge < -0.3 is 10.6 Å². The minimum Gasteiger partial charge on any atom is -0.357 e. The summed E-state index contributed by atoms with van der Waals surface area (Å²) in [4.78, 5) is 33.3. The van der Waals surface area contributed by atoms with Crippen LogP contribution in [0.4, 0.5) is 0 Å². The molecule has 1 atom stereocenters. The zero-order chi connectivity index (χ0) is 13.4. The maximum atomic E-state index is 11.5. The maximum absolute atomic E-state index is 11.5.